The number of rotatable bonds is 5. The molecule has 0 aromatic rings. The van der Waals surface area contributed by atoms with Gasteiger partial charge in [0.1, 0.15) is 0 Å². The van der Waals surface area contributed by atoms with E-state index < -0.39 is 11.9 Å². The smallest absolute Gasteiger partial charge is 0.304 e. The first kappa shape index (κ1) is 15.9. The van der Waals surface area contributed by atoms with Crippen LogP contribution in [0.4, 0.5) is 0 Å². The molecular weight excluding hydrogens is 218 g/mol. The van der Waals surface area contributed by atoms with Crippen LogP contribution in [0.2, 0.25) is 0 Å². The summed E-state index contributed by atoms with van der Waals surface area (Å²) in [5.74, 6) is -1.62. The van der Waals surface area contributed by atoms with E-state index in [1.807, 2.05) is 0 Å². The molecule has 1 atom stereocenters. The molecule has 0 fully saturated rings. The highest BCUT2D eigenvalue weighted by Gasteiger charge is 2.33. The molecule has 4 nitrogen and oxygen atoms in total. The number of carbonyl (C=O) groups excluding carboxylic acids is 1. The first-order valence-corrected chi connectivity index (χ1v) is 5.97. The minimum Gasteiger partial charge on any atom is -0.481 e. The number of amides is 1. The van der Waals surface area contributed by atoms with Gasteiger partial charge in [-0.15, -0.1) is 0 Å². The highest BCUT2D eigenvalue weighted by Crippen LogP contribution is 2.37. The predicted molar refractivity (Wildman–Crippen MR) is 67.7 cm³/mol. The number of nitrogens with one attached hydrogen (secondary N) is 1. The Morgan fingerprint density at radius 3 is 2.00 bits per heavy atom. The fourth-order valence-electron chi connectivity index (χ4n) is 1.10. The van der Waals surface area contributed by atoms with E-state index in [1.54, 1.807) is 6.92 Å². The summed E-state index contributed by atoms with van der Waals surface area (Å²) in [7, 11) is 0. The second kappa shape index (κ2) is 5.52. The van der Waals surface area contributed by atoms with Gasteiger partial charge in [0.25, 0.3) is 0 Å². The number of carboxylic acid groups (broad SMARTS) is 1. The van der Waals surface area contributed by atoms with Crippen LogP contribution < -0.4 is 5.32 Å². The zero-order valence-electron chi connectivity index (χ0n) is 11.8. The van der Waals surface area contributed by atoms with Gasteiger partial charge in [-0.05, 0) is 10.8 Å². The number of aliphatic carboxylic acids is 1. The first-order valence-electron chi connectivity index (χ1n) is 5.97. The van der Waals surface area contributed by atoms with Crippen LogP contribution >= 0.6 is 0 Å². The SMILES string of the molecule is CC(CC(=O)O)C(=O)NCC(C)(C)C(C)(C)C. The third-order valence-corrected chi connectivity index (χ3v) is 3.66. The minimum absolute atomic E-state index is 0.0361. The Kier molecular flexibility index (Phi) is 5.17. The van der Waals surface area contributed by atoms with Crippen molar-refractivity contribution in [2.75, 3.05) is 6.54 Å². The Balaban J connectivity index is 4.30. The van der Waals surface area contributed by atoms with Crippen molar-refractivity contribution in [1.29, 1.82) is 0 Å². The van der Waals surface area contributed by atoms with Crippen LogP contribution in [0.5, 0.6) is 0 Å². The van der Waals surface area contributed by atoms with Crippen LogP contribution in [0.3, 0.4) is 0 Å². The normalized spacial score (nSPS) is 14.2. The van der Waals surface area contributed by atoms with Gasteiger partial charge in [-0.25, -0.2) is 0 Å². The fraction of sp³-hybridized carbons (Fsp3) is 0.846. The monoisotopic (exact) mass is 243 g/mol. The van der Waals surface area contributed by atoms with E-state index in [9.17, 15) is 9.59 Å². The number of hydrogen-bond donors (Lipinski definition) is 2. The van der Waals surface area contributed by atoms with Crippen molar-refractivity contribution in [2.24, 2.45) is 16.7 Å². The molecular formula is C13H25NO3. The van der Waals surface area contributed by atoms with Crippen molar-refractivity contribution < 1.29 is 14.7 Å². The molecule has 0 aliphatic rings. The molecule has 0 spiro atoms. The Labute approximate surface area is 104 Å². The summed E-state index contributed by atoms with van der Waals surface area (Å²) >= 11 is 0. The third-order valence-electron chi connectivity index (χ3n) is 3.66. The number of carbonyl (C=O) groups is 2. The van der Waals surface area contributed by atoms with Crippen LogP contribution in [0.1, 0.15) is 48.0 Å². The van der Waals surface area contributed by atoms with Crippen LogP contribution in [0, 0.1) is 16.7 Å². The molecule has 4 heteroatoms. The minimum atomic E-state index is -0.942. The summed E-state index contributed by atoms with van der Waals surface area (Å²) in [5.41, 5.74) is 0.0436. The van der Waals surface area contributed by atoms with Gasteiger partial charge < -0.3 is 10.4 Å². The summed E-state index contributed by atoms with van der Waals surface area (Å²) in [6.45, 7) is 12.7. The van der Waals surface area contributed by atoms with E-state index in [-0.39, 0.29) is 23.2 Å². The van der Waals surface area contributed by atoms with Gasteiger partial charge in [0, 0.05) is 12.5 Å². The molecule has 0 aromatic carbocycles. The predicted octanol–water partition coefficient (Wildman–Crippen LogP) is 2.29. The maximum Gasteiger partial charge on any atom is 0.304 e. The summed E-state index contributed by atoms with van der Waals surface area (Å²) < 4.78 is 0. The average Bonchev–Trinajstić information content (AvgIpc) is 2.11. The van der Waals surface area contributed by atoms with Gasteiger partial charge in [0.15, 0.2) is 0 Å². The van der Waals surface area contributed by atoms with Gasteiger partial charge in [0.2, 0.25) is 5.91 Å². The zero-order valence-corrected chi connectivity index (χ0v) is 11.8. The molecule has 0 bridgehead atoms. The molecule has 2 N–H and O–H groups in total. The Morgan fingerprint density at radius 2 is 1.65 bits per heavy atom. The highest BCUT2D eigenvalue weighted by atomic mass is 16.4. The van der Waals surface area contributed by atoms with E-state index >= 15 is 0 Å². The lowest BCUT2D eigenvalue weighted by molar-refractivity contribution is -0.140. The van der Waals surface area contributed by atoms with Gasteiger partial charge in [0.05, 0.1) is 6.42 Å². The van der Waals surface area contributed by atoms with E-state index in [0.717, 1.165) is 0 Å². The molecule has 0 aliphatic heterocycles. The van der Waals surface area contributed by atoms with Gasteiger partial charge in [-0.2, -0.15) is 0 Å². The third kappa shape index (κ3) is 5.20. The molecule has 0 aromatic heterocycles. The second-order valence-corrected chi connectivity index (χ2v) is 6.35. The van der Waals surface area contributed by atoms with Crippen LogP contribution in [0.15, 0.2) is 0 Å². The Bertz CT molecular complexity index is 290. The maximum absolute atomic E-state index is 11.7. The molecule has 0 radical (unpaired) electrons. The largest absolute Gasteiger partial charge is 0.481 e. The number of carboxylic acids is 1. The lowest BCUT2D eigenvalue weighted by Gasteiger charge is -2.39. The summed E-state index contributed by atoms with van der Waals surface area (Å²) in [6, 6.07) is 0. The zero-order chi connectivity index (χ0) is 13.9. The highest BCUT2D eigenvalue weighted by molar-refractivity contribution is 5.82. The van der Waals surface area contributed by atoms with Crippen LogP contribution in [0.25, 0.3) is 0 Å². The van der Waals surface area contributed by atoms with Gasteiger partial charge in [-0.3, -0.25) is 9.59 Å². The second-order valence-electron chi connectivity index (χ2n) is 6.35. The Hall–Kier alpha value is -1.06. The number of hydrogen-bond acceptors (Lipinski definition) is 2. The van der Waals surface area contributed by atoms with Gasteiger partial charge >= 0.3 is 5.97 Å². The van der Waals surface area contributed by atoms with Crippen molar-refractivity contribution in [3.8, 4) is 0 Å². The first-order chi connectivity index (χ1) is 7.47. The quantitative estimate of drug-likeness (QED) is 0.778. The van der Waals surface area contributed by atoms with Crippen molar-refractivity contribution >= 4 is 11.9 Å². The molecule has 0 saturated heterocycles. The topological polar surface area (TPSA) is 66.4 Å². The lowest BCUT2D eigenvalue weighted by atomic mass is 9.69. The summed E-state index contributed by atoms with van der Waals surface area (Å²) in [6.07, 6.45) is -0.123. The maximum atomic E-state index is 11.7. The van der Waals surface area contributed by atoms with Crippen LogP contribution in [-0.2, 0) is 9.59 Å². The van der Waals surface area contributed by atoms with Crippen molar-refractivity contribution in [1.82, 2.24) is 5.32 Å². The molecule has 100 valence electrons. The van der Waals surface area contributed by atoms with Crippen molar-refractivity contribution in [3.63, 3.8) is 0 Å². The van der Waals surface area contributed by atoms with E-state index in [2.05, 4.69) is 39.9 Å². The summed E-state index contributed by atoms with van der Waals surface area (Å²) in [4.78, 5) is 22.2. The molecule has 1 unspecified atom stereocenters. The van der Waals surface area contributed by atoms with E-state index in [0.29, 0.717) is 6.54 Å². The molecule has 0 aliphatic carbocycles. The van der Waals surface area contributed by atoms with E-state index in [4.69, 9.17) is 5.11 Å². The Morgan fingerprint density at radius 1 is 1.18 bits per heavy atom. The summed E-state index contributed by atoms with van der Waals surface area (Å²) in [5, 5.41) is 11.4. The molecule has 1 amide bonds. The van der Waals surface area contributed by atoms with Gasteiger partial charge in [-0.1, -0.05) is 41.5 Å². The molecule has 17 heavy (non-hydrogen) atoms. The van der Waals surface area contributed by atoms with Crippen molar-refractivity contribution in [3.05, 3.63) is 0 Å². The van der Waals surface area contributed by atoms with Crippen molar-refractivity contribution in [2.45, 2.75) is 48.0 Å². The van der Waals surface area contributed by atoms with Crippen LogP contribution in [-0.4, -0.2) is 23.5 Å². The standard InChI is InChI=1S/C13H25NO3/c1-9(7-10(15)16)11(17)14-8-13(5,6)12(2,3)4/h9H,7-8H2,1-6H3,(H,14,17)(H,15,16). The lowest BCUT2D eigenvalue weighted by Crippen LogP contribution is -2.43. The molecule has 0 rings (SSSR count). The molecule has 0 saturated carbocycles. The fourth-order valence-corrected chi connectivity index (χ4v) is 1.10. The van der Waals surface area contributed by atoms with E-state index in [1.165, 1.54) is 0 Å². The average molecular weight is 243 g/mol. The molecule has 0 heterocycles.